The fourth-order valence-corrected chi connectivity index (χ4v) is 5.44. The van der Waals surface area contributed by atoms with Crippen molar-refractivity contribution >= 4 is 29.0 Å². The third-order valence-corrected chi connectivity index (χ3v) is 7.24. The zero-order valence-electron chi connectivity index (χ0n) is 19.5. The largest absolute Gasteiger partial charge is 0.469 e. The van der Waals surface area contributed by atoms with Crippen LogP contribution in [0.15, 0.2) is 50.8 Å². The average Bonchev–Trinajstić information content (AvgIpc) is 3.22. The highest BCUT2D eigenvalue weighted by atomic mass is 16.5. The van der Waals surface area contributed by atoms with Crippen LogP contribution in [0.5, 0.6) is 0 Å². The number of amides is 3. The third-order valence-electron chi connectivity index (χ3n) is 7.24. The monoisotopic (exact) mass is 480 g/mol. The predicted octanol–water partition coefficient (Wildman–Crippen LogP) is 2.12. The number of nitrogens with zero attached hydrogens (tertiary/aromatic N) is 1. The second-order valence-corrected chi connectivity index (χ2v) is 9.35. The number of piperidine rings is 1. The van der Waals surface area contributed by atoms with Crippen molar-refractivity contribution in [3.63, 3.8) is 0 Å². The van der Waals surface area contributed by atoms with Crippen molar-refractivity contribution in [3.8, 4) is 0 Å². The lowest BCUT2D eigenvalue weighted by Gasteiger charge is -2.47. The lowest BCUT2D eigenvalue weighted by Crippen LogP contribution is -2.62. The maximum Gasteiger partial charge on any atom is 0.417 e. The number of ether oxygens (including phenoxy) is 1. The molecule has 1 saturated heterocycles. The van der Waals surface area contributed by atoms with E-state index in [1.54, 1.807) is 23.1 Å². The van der Waals surface area contributed by atoms with Crippen LogP contribution in [0.3, 0.4) is 0 Å². The molecule has 1 aromatic carbocycles. The Morgan fingerprint density at radius 3 is 2.80 bits per heavy atom. The molecule has 10 heteroatoms. The van der Waals surface area contributed by atoms with E-state index in [1.165, 1.54) is 12.7 Å². The minimum atomic E-state index is -0.664. The van der Waals surface area contributed by atoms with Gasteiger partial charge in [0.25, 0.3) is 0 Å². The normalized spacial score (nSPS) is 19.8. The molecule has 2 aromatic rings. The van der Waals surface area contributed by atoms with Gasteiger partial charge in [-0.15, -0.1) is 0 Å². The molecule has 5 rings (SSSR count). The number of rotatable bonds is 5. The molecule has 1 aliphatic carbocycles. The van der Waals surface area contributed by atoms with Crippen molar-refractivity contribution in [2.24, 2.45) is 5.92 Å². The number of aromatic nitrogens is 1. The molecule has 3 N–H and O–H groups in total. The number of esters is 1. The van der Waals surface area contributed by atoms with Gasteiger partial charge in [0.1, 0.15) is 0 Å². The standard InChI is InChI=1S/C25H28N4O6/c1-34-22(31)16(12-15-6-7-19-20(13-15)35-24(33)27-19)14-21(30)29-10-8-25(9-11-29)17-4-2-3-5-18(17)26-23(32)28-25/h3,5-7,13,16H,2,4,8-12,14H2,1H3,(H,27,33)(H2,26,28,32). The summed E-state index contributed by atoms with van der Waals surface area (Å²) in [6.07, 6.45) is 7.39. The highest BCUT2D eigenvalue weighted by molar-refractivity contribution is 5.84. The number of carbonyl (C=O) groups is 3. The summed E-state index contributed by atoms with van der Waals surface area (Å²) in [4.78, 5) is 53.7. The number of benzene rings is 1. The first-order chi connectivity index (χ1) is 16.9. The van der Waals surface area contributed by atoms with Crippen molar-refractivity contribution in [1.29, 1.82) is 0 Å². The van der Waals surface area contributed by atoms with Crippen molar-refractivity contribution in [1.82, 2.24) is 20.5 Å². The third kappa shape index (κ3) is 4.48. The Morgan fingerprint density at radius 1 is 1.23 bits per heavy atom. The first kappa shape index (κ1) is 22.9. The van der Waals surface area contributed by atoms with Crippen LogP contribution in [-0.2, 0) is 20.7 Å². The molecule has 35 heavy (non-hydrogen) atoms. The zero-order chi connectivity index (χ0) is 24.6. The van der Waals surface area contributed by atoms with E-state index in [1.807, 2.05) is 6.08 Å². The van der Waals surface area contributed by atoms with E-state index in [0.717, 1.165) is 24.1 Å². The molecule has 2 aliphatic heterocycles. The van der Waals surface area contributed by atoms with E-state index < -0.39 is 23.2 Å². The maximum absolute atomic E-state index is 13.2. The maximum atomic E-state index is 13.2. The number of oxazole rings is 1. The van der Waals surface area contributed by atoms with E-state index >= 15 is 0 Å². The van der Waals surface area contributed by atoms with Crippen molar-refractivity contribution < 1.29 is 23.5 Å². The zero-order valence-corrected chi connectivity index (χ0v) is 19.5. The van der Waals surface area contributed by atoms with E-state index in [4.69, 9.17) is 9.15 Å². The molecule has 3 amide bonds. The van der Waals surface area contributed by atoms with E-state index in [0.29, 0.717) is 37.0 Å². The Balaban J connectivity index is 1.27. The Morgan fingerprint density at radius 2 is 2.03 bits per heavy atom. The number of methoxy groups -OCH3 is 1. The minimum Gasteiger partial charge on any atom is -0.469 e. The second-order valence-electron chi connectivity index (χ2n) is 9.35. The summed E-state index contributed by atoms with van der Waals surface area (Å²) in [5, 5.41) is 6.01. The number of urea groups is 1. The number of hydrogen-bond donors (Lipinski definition) is 3. The molecule has 184 valence electrons. The number of hydrogen-bond acceptors (Lipinski definition) is 6. The van der Waals surface area contributed by atoms with E-state index in [-0.39, 0.29) is 24.8 Å². The molecular formula is C25H28N4O6. The first-order valence-corrected chi connectivity index (χ1v) is 11.8. The molecule has 1 fully saturated rings. The number of carbonyl (C=O) groups excluding carboxylic acids is 3. The lowest BCUT2D eigenvalue weighted by atomic mass is 9.75. The summed E-state index contributed by atoms with van der Waals surface area (Å²) in [5.74, 6) is -1.79. The quantitative estimate of drug-likeness (QED) is 0.562. The topological polar surface area (TPSA) is 134 Å². The van der Waals surface area contributed by atoms with Crippen LogP contribution >= 0.6 is 0 Å². The Labute approximate surface area is 201 Å². The van der Waals surface area contributed by atoms with E-state index in [9.17, 15) is 19.2 Å². The summed E-state index contributed by atoms with van der Waals surface area (Å²) in [5.41, 5.74) is 3.38. The van der Waals surface area contributed by atoms with Gasteiger partial charge in [0.05, 0.1) is 24.1 Å². The smallest absolute Gasteiger partial charge is 0.417 e. The molecule has 3 heterocycles. The van der Waals surface area contributed by atoms with Crippen LogP contribution in [0.4, 0.5) is 4.79 Å². The highest BCUT2D eigenvalue weighted by Gasteiger charge is 2.44. The van der Waals surface area contributed by atoms with Gasteiger partial charge in [-0.2, -0.15) is 0 Å². The van der Waals surface area contributed by atoms with E-state index in [2.05, 4.69) is 21.7 Å². The number of aromatic amines is 1. The Bertz CT molecular complexity index is 1290. The van der Waals surface area contributed by atoms with Gasteiger partial charge < -0.3 is 24.7 Å². The van der Waals surface area contributed by atoms with Gasteiger partial charge in [-0.25, -0.2) is 9.59 Å². The number of allylic oxidation sites excluding steroid dienone is 2. The SMILES string of the molecule is COC(=O)C(CC(=O)N1CCC2(CC1)NC(=O)NC1=C2CCC=C1)Cc1ccc2[nH]c(=O)oc2c1. The van der Waals surface area contributed by atoms with Gasteiger partial charge in [0.2, 0.25) is 5.91 Å². The summed E-state index contributed by atoms with van der Waals surface area (Å²) in [7, 11) is 1.31. The van der Waals surface area contributed by atoms with Crippen LogP contribution in [0.25, 0.3) is 11.1 Å². The molecule has 0 radical (unpaired) electrons. The molecular weight excluding hydrogens is 452 g/mol. The summed E-state index contributed by atoms with van der Waals surface area (Å²) >= 11 is 0. The molecule has 1 atom stereocenters. The highest BCUT2D eigenvalue weighted by Crippen LogP contribution is 2.38. The number of H-pyrrole nitrogens is 1. The van der Waals surface area contributed by atoms with Crippen molar-refractivity contribution in [2.45, 2.75) is 44.1 Å². The van der Waals surface area contributed by atoms with Crippen molar-refractivity contribution in [3.05, 3.63) is 57.7 Å². The predicted molar refractivity (Wildman–Crippen MR) is 126 cm³/mol. The molecule has 1 aromatic heterocycles. The number of likely N-dealkylation sites (tertiary alicyclic amines) is 1. The van der Waals surface area contributed by atoms with Gasteiger partial charge in [0.15, 0.2) is 5.58 Å². The molecule has 0 bridgehead atoms. The number of fused-ring (bicyclic) bond motifs is 2. The molecule has 3 aliphatic rings. The molecule has 1 spiro atoms. The average molecular weight is 481 g/mol. The fraction of sp³-hybridized carbons (Fsp3) is 0.440. The van der Waals surface area contributed by atoms with Gasteiger partial charge in [-0.05, 0) is 61.4 Å². The molecule has 10 nitrogen and oxygen atoms in total. The van der Waals surface area contributed by atoms with Gasteiger partial charge >= 0.3 is 17.8 Å². The van der Waals surface area contributed by atoms with Gasteiger partial charge in [-0.3, -0.25) is 14.6 Å². The summed E-state index contributed by atoms with van der Waals surface area (Å²) < 4.78 is 10.1. The lowest BCUT2D eigenvalue weighted by molar-refractivity contribution is -0.149. The van der Waals surface area contributed by atoms with Crippen LogP contribution in [0.1, 0.15) is 37.7 Å². The van der Waals surface area contributed by atoms with Crippen LogP contribution in [0, 0.1) is 5.92 Å². The molecule has 0 saturated carbocycles. The Kier molecular flexibility index (Phi) is 5.96. The van der Waals surface area contributed by atoms with Crippen LogP contribution < -0.4 is 16.4 Å². The summed E-state index contributed by atoms with van der Waals surface area (Å²) in [6, 6.07) is 4.99. The molecule has 1 unspecified atom stereocenters. The fourth-order valence-electron chi connectivity index (χ4n) is 5.44. The van der Waals surface area contributed by atoms with Crippen LogP contribution in [0.2, 0.25) is 0 Å². The summed E-state index contributed by atoms with van der Waals surface area (Å²) in [6.45, 7) is 0.988. The number of nitrogens with one attached hydrogen (secondary N) is 3. The van der Waals surface area contributed by atoms with Gasteiger partial charge in [0, 0.05) is 25.2 Å². The minimum absolute atomic E-state index is 0.0133. The van der Waals surface area contributed by atoms with Crippen LogP contribution in [-0.4, -0.2) is 53.5 Å². The van der Waals surface area contributed by atoms with Crippen molar-refractivity contribution in [2.75, 3.05) is 20.2 Å². The first-order valence-electron chi connectivity index (χ1n) is 11.8. The van der Waals surface area contributed by atoms with Gasteiger partial charge in [-0.1, -0.05) is 12.1 Å². The second kappa shape index (κ2) is 9.09. The Hall–Kier alpha value is -3.82.